The van der Waals surface area contributed by atoms with Gasteiger partial charge in [-0.1, -0.05) is 20.8 Å². The van der Waals surface area contributed by atoms with Gasteiger partial charge in [0.25, 0.3) is 0 Å². The molecule has 1 heterocycles. The van der Waals surface area contributed by atoms with E-state index in [1.54, 1.807) is 0 Å². The summed E-state index contributed by atoms with van der Waals surface area (Å²) in [4.78, 5) is 48.9. The predicted octanol–water partition coefficient (Wildman–Crippen LogP) is 5.94. The van der Waals surface area contributed by atoms with Crippen LogP contribution in [0.3, 0.4) is 0 Å². The fourth-order valence-electron chi connectivity index (χ4n) is 11.9. The predicted molar refractivity (Wildman–Crippen MR) is 225 cm³/mol. The number of nitro benzene ring substituents is 1. The number of aliphatic carboxylic acids is 1. The lowest BCUT2D eigenvalue weighted by atomic mass is 9.44. The third-order valence-corrected chi connectivity index (χ3v) is 14.9. The number of aromatic nitrogens is 2. The van der Waals surface area contributed by atoms with E-state index in [4.69, 9.17) is 38.8 Å². The van der Waals surface area contributed by atoms with Crippen LogP contribution in [0.5, 0.6) is 0 Å². The maximum atomic E-state index is 13.6. The van der Waals surface area contributed by atoms with Crippen LogP contribution in [-0.4, -0.2) is 116 Å². The number of nitrogens with zero attached hydrogens (tertiary/aromatic N) is 3. The molecule has 18 heteroatoms. The number of carboxylic acid groups (broad SMARTS) is 1. The summed E-state index contributed by atoms with van der Waals surface area (Å²) in [5.41, 5.74) is 5.54. The van der Waals surface area contributed by atoms with Gasteiger partial charge in [0, 0.05) is 19.0 Å². The maximum Gasteiger partial charge on any atom is 0.329 e. The average Bonchev–Trinajstić information content (AvgIpc) is 3.88. The molecule has 4 fully saturated rings. The zero-order valence-corrected chi connectivity index (χ0v) is 36.6. The Hall–Kier alpha value is -3.97. The molecule has 4 N–H and O–H groups in total. The van der Waals surface area contributed by atoms with Crippen molar-refractivity contribution < 1.29 is 57.5 Å². The normalized spacial score (nSPS) is 28.9. The molecule has 4 saturated carbocycles. The molecule has 2 aromatic rings. The first-order valence-electron chi connectivity index (χ1n) is 22.6. The van der Waals surface area contributed by atoms with Crippen molar-refractivity contribution in [1.82, 2.24) is 10.3 Å². The highest BCUT2D eigenvalue weighted by atomic mass is 16.6. The minimum Gasteiger partial charge on any atom is -0.481 e. The van der Waals surface area contributed by atoms with E-state index in [0.717, 1.165) is 32.1 Å². The summed E-state index contributed by atoms with van der Waals surface area (Å²) in [7, 11) is 0. The summed E-state index contributed by atoms with van der Waals surface area (Å²) in [6, 6.07) is 1.32. The number of esters is 2. The van der Waals surface area contributed by atoms with Crippen molar-refractivity contribution in [3.05, 3.63) is 22.2 Å². The number of hydrogen-bond acceptors (Lipinski definition) is 16. The van der Waals surface area contributed by atoms with Crippen LogP contribution in [0.4, 0.5) is 11.4 Å². The van der Waals surface area contributed by atoms with Crippen LogP contribution in [0, 0.1) is 56.5 Å². The number of fused-ring (bicyclic) bond motifs is 6. The Bertz CT molecular complexity index is 1810. The first-order valence-corrected chi connectivity index (χ1v) is 22.6. The molecule has 0 saturated heterocycles. The van der Waals surface area contributed by atoms with E-state index >= 15 is 0 Å². The molecule has 0 amide bonds. The van der Waals surface area contributed by atoms with Gasteiger partial charge in [-0.05, 0) is 127 Å². The smallest absolute Gasteiger partial charge is 0.329 e. The minimum absolute atomic E-state index is 0.0239. The number of carbonyl (C=O) groups excluding carboxylic acids is 2. The molecule has 0 bridgehead atoms. The largest absolute Gasteiger partial charge is 0.481 e. The molecule has 6 rings (SSSR count). The minimum atomic E-state index is -1.25. The molecule has 4 aliphatic rings. The molecule has 1 unspecified atom stereocenters. The number of ether oxygens (including phenoxy) is 6. The summed E-state index contributed by atoms with van der Waals surface area (Å²) < 4.78 is 38.0. The molecule has 0 spiro atoms. The van der Waals surface area contributed by atoms with Crippen LogP contribution >= 0.6 is 0 Å². The van der Waals surface area contributed by atoms with Gasteiger partial charge in [0.1, 0.15) is 18.8 Å². The van der Waals surface area contributed by atoms with Crippen LogP contribution < -0.4 is 11.1 Å². The molecule has 1 aromatic carbocycles. The standard InChI is InChI=1S/C44H67N5O13/c1-28(4-11-39(52)60-25-24-59-23-22-58-21-20-57-19-18-56-17-16-45)32-7-8-33-31-6-5-29-26-30(12-14-43(29,2)34(31)13-15-44(32,33)3)61-42(53)36(27-38(50)51)46-35-9-10-37(49(54)55)41-40(35)47-62-48-41/h9-10,28-34,36,46H,4-8,11-27,45H2,1-3H3,(H,50,51)/t28-,29-,30-,31+,32?,33+,34+,36+,43+,44-/m1/s1. The number of benzene rings is 1. The van der Waals surface area contributed by atoms with Crippen molar-refractivity contribution >= 4 is 40.3 Å². The Morgan fingerprint density at radius 3 is 2.21 bits per heavy atom. The lowest BCUT2D eigenvalue weighted by Crippen LogP contribution is -2.54. The van der Waals surface area contributed by atoms with Crippen molar-refractivity contribution in [3.63, 3.8) is 0 Å². The summed E-state index contributed by atoms with van der Waals surface area (Å²) in [5.74, 6) is 1.21. The SMILES string of the molecule is C[C@H](CCC(=O)OCCOCCOCCOCCOCCN)C1CC[C@H]2[C@@H]3CC[C@@H]4C[C@H](OC(=O)[C@H](CC(=O)O)Nc5ccc([N+](=O)[O-])c6nonc56)CC[C@]4(C)[C@H]3CC[C@]12C. The molecule has 10 atom stereocenters. The number of hydrogen-bond donors (Lipinski definition) is 3. The Morgan fingerprint density at radius 2 is 1.53 bits per heavy atom. The topological polar surface area (TPSA) is 247 Å². The molecule has 4 aliphatic carbocycles. The van der Waals surface area contributed by atoms with Crippen molar-refractivity contribution in [1.29, 1.82) is 0 Å². The van der Waals surface area contributed by atoms with Crippen LogP contribution in [0.1, 0.15) is 97.8 Å². The number of non-ortho nitro benzene ring substituents is 1. The third kappa shape index (κ3) is 11.4. The Balaban J connectivity index is 0.919. The average molecular weight is 874 g/mol. The lowest BCUT2D eigenvalue weighted by molar-refractivity contribution is -0.383. The van der Waals surface area contributed by atoms with Gasteiger partial charge >= 0.3 is 23.6 Å². The summed E-state index contributed by atoms with van der Waals surface area (Å²) in [5, 5.41) is 31.4. The molecule has 62 heavy (non-hydrogen) atoms. The summed E-state index contributed by atoms with van der Waals surface area (Å²) >= 11 is 0. The van der Waals surface area contributed by atoms with Gasteiger partial charge in [0.2, 0.25) is 5.52 Å². The number of rotatable bonds is 25. The molecule has 346 valence electrons. The van der Waals surface area contributed by atoms with E-state index in [9.17, 15) is 29.6 Å². The first kappa shape index (κ1) is 47.5. The van der Waals surface area contributed by atoms with Gasteiger partial charge in [-0.25, -0.2) is 9.42 Å². The highest BCUT2D eigenvalue weighted by Crippen LogP contribution is 2.68. The number of carbonyl (C=O) groups is 3. The number of nitrogens with two attached hydrogens (primary N) is 1. The maximum absolute atomic E-state index is 13.6. The number of anilines is 1. The Kier molecular flexibility index (Phi) is 16.9. The summed E-state index contributed by atoms with van der Waals surface area (Å²) in [6.07, 6.45) is 9.70. The fourth-order valence-corrected chi connectivity index (χ4v) is 11.9. The second kappa shape index (κ2) is 22.1. The van der Waals surface area contributed by atoms with Gasteiger partial charge in [-0.2, -0.15) is 0 Å². The van der Waals surface area contributed by atoms with E-state index in [2.05, 4.69) is 36.4 Å². The Morgan fingerprint density at radius 1 is 0.887 bits per heavy atom. The zero-order valence-electron chi connectivity index (χ0n) is 36.6. The van der Waals surface area contributed by atoms with Crippen LogP contribution in [0.15, 0.2) is 16.8 Å². The molecular weight excluding hydrogens is 807 g/mol. The number of nitro groups is 1. The highest BCUT2D eigenvalue weighted by molar-refractivity contribution is 5.95. The van der Waals surface area contributed by atoms with Gasteiger partial charge in [0.05, 0.1) is 69.9 Å². The van der Waals surface area contributed by atoms with Gasteiger partial charge in [-0.15, -0.1) is 0 Å². The van der Waals surface area contributed by atoms with Gasteiger partial charge in [-0.3, -0.25) is 19.7 Å². The quantitative estimate of drug-likeness (QED) is 0.0452. The second-order valence-electron chi connectivity index (χ2n) is 18.3. The monoisotopic (exact) mass is 873 g/mol. The molecule has 1 aromatic heterocycles. The highest BCUT2D eigenvalue weighted by Gasteiger charge is 2.60. The van der Waals surface area contributed by atoms with E-state index in [-0.39, 0.29) is 51.9 Å². The van der Waals surface area contributed by atoms with Gasteiger partial charge < -0.3 is 44.6 Å². The van der Waals surface area contributed by atoms with Crippen molar-refractivity contribution in [3.8, 4) is 0 Å². The van der Waals surface area contributed by atoms with E-state index in [1.165, 1.54) is 37.8 Å². The van der Waals surface area contributed by atoms with Crippen molar-refractivity contribution in [2.24, 2.45) is 52.1 Å². The summed E-state index contributed by atoms with van der Waals surface area (Å²) in [6.45, 7) is 11.7. The van der Waals surface area contributed by atoms with Crippen molar-refractivity contribution in [2.75, 3.05) is 71.3 Å². The fraction of sp³-hybridized carbons (Fsp3) is 0.795. The molecular formula is C44H67N5O13. The Labute approximate surface area is 363 Å². The van der Waals surface area contributed by atoms with E-state index in [0.29, 0.717) is 108 Å². The molecule has 0 radical (unpaired) electrons. The van der Waals surface area contributed by atoms with Gasteiger partial charge in [0.15, 0.2) is 5.52 Å². The first-order chi connectivity index (χ1) is 29.9. The van der Waals surface area contributed by atoms with Crippen LogP contribution in [0.2, 0.25) is 0 Å². The lowest BCUT2D eigenvalue weighted by Gasteiger charge is -2.61. The second-order valence-corrected chi connectivity index (χ2v) is 18.3. The van der Waals surface area contributed by atoms with Crippen molar-refractivity contribution in [2.45, 2.75) is 110 Å². The number of carboxylic acids is 1. The third-order valence-electron chi connectivity index (χ3n) is 14.9. The van der Waals surface area contributed by atoms with Crippen LogP contribution in [-0.2, 0) is 42.8 Å². The number of nitrogens with one attached hydrogen (secondary N) is 1. The molecule has 18 nitrogen and oxygen atoms in total. The molecule has 0 aliphatic heterocycles. The van der Waals surface area contributed by atoms with Crippen LogP contribution in [0.25, 0.3) is 11.0 Å². The van der Waals surface area contributed by atoms with E-state index in [1.807, 2.05) is 0 Å². The zero-order chi connectivity index (χ0) is 44.3. The van der Waals surface area contributed by atoms with E-state index < -0.39 is 29.3 Å².